The first kappa shape index (κ1) is 45.7. The van der Waals surface area contributed by atoms with E-state index in [-0.39, 0.29) is 26.1 Å². The van der Waals surface area contributed by atoms with Crippen LogP contribution in [0, 0.1) is 0 Å². The Labute approximate surface area is 292 Å². The molecule has 276 valence electrons. The lowest BCUT2D eigenvalue weighted by atomic mass is 10.1. The van der Waals surface area contributed by atoms with Gasteiger partial charge < -0.3 is 18.9 Å². The summed E-state index contributed by atoms with van der Waals surface area (Å²) in [6, 6.07) is 0. The van der Waals surface area contributed by atoms with E-state index in [0.717, 1.165) is 25.7 Å². The first-order valence-corrected chi connectivity index (χ1v) is 19.6. The summed E-state index contributed by atoms with van der Waals surface area (Å²) in [7, 11) is 1.42. The fourth-order valence-corrected chi connectivity index (χ4v) is 5.08. The van der Waals surface area contributed by atoms with Gasteiger partial charge in [0.2, 0.25) is 0 Å². The number of nitrogens with zero attached hydrogens (tertiary/aromatic N) is 1. The molecule has 0 aromatic carbocycles. The summed E-state index contributed by atoms with van der Waals surface area (Å²) in [6.45, 7) is 4.14. The normalized spacial score (nSPS) is 14.5. The molecular weight excluding hydrogens is 629 g/mol. The summed E-state index contributed by atoms with van der Waals surface area (Å²) >= 11 is 0. The number of unbranched alkanes of at least 4 members (excludes halogenated alkanes) is 11. The van der Waals surface area contributed by atoms with Crippen LogP contribution in [0.5, 0.6) is 0 Å². The van der Waals surface area contributed by atoms with Crippen LogP contribution in [0.2, 0.25) is 0 Å². The highest BCUT2D eigenvalue weighted by Gasteiger charge is 2.27. The van der Waals surface area contributed by atoms with Crippen molar-refractivity contribution in [1.29, 1.82) is 0 Å². The Balaban J connectivity index is 4.63. The molecule has 0 heterocycles. The molecule has 0 saturated carbocycles. The molecule has 2 unspecified atom stereocenters. The minimum absolute atomic E-state index is 0.0162. The number of likely N-dealkylation sites (N-methyl/N-ethyl adjacent to an activating group) is 1. The zero-order chi connectivity index (χ0) is 35.8. The number of hydrogen-bond acceptors (Lipinski definition) is 7. The molecule has 10 heteroatoms. The van der Waals surface area contributed by atoms with E-state index in [1.165, 1.54) is 51.4 Å². The van der Waals surface area contributed by atoms with Crippen LogP contribution >= 0.6 is 7.82 Å². The molecule has 1 N–H and O–H groups in total. The number of phosphoric ester groups is 1. The van der Waals surface area contributed by atoms with Gasteiger partial charge in [0.1, 0.15) is 19.8 Å². The molecule has 0 fully saturated rings. The summed E-state index contributed by atoms with van der Waals surface area (Å²) < 4.78 is 34.0. The van der Waals surface area contributed by atoms with Crippen LogP contribution in [0.25, 0.3) is 0 Å². The zero-order valence-electron chi connectivity index (χ0n) is 30.7. The number of hydrogen-bond donors (Lipinski definition) is 1. The Bertz CT molecular complexity index is 1010. The first-order valence-electron chi connectivity index (χ1n) is 18.1. The Morgan fingerprint density at radius 3 is 1.75 bits per heavy atom. The van der Waals surface area contributed by atoms with Crippen molar-refractivity contribution in [2.45, 2.75) is 123 Å². The minimum atomic E-state index is -4.38. The second kappa shape index (κ2) is 30.7. The molecular formula is C38H67NO8P+. The van der Waals surface area contributed by atoms with Crippen molar-refractivity contribution in [2.75, 3.05) is 47.5 Å². The largest absolute Gasteiger partial charge is 0.472 e. The fourth-order valence-electron chi connectivity index (χ4n) is 4.34. The molecule has 9 nitrogen and oxygen atoms in total. The predicted molar refractivity (Wildman–Crippen MR) is 196 cm³/mol. The van der Waals surface area contributed by atoms with Crippen molar-refractivity contribution in [3.8, 4) is 0 Å². The number of allylic oxidation sites excluding steroid dienone is 10. The molecule has 48 heavy (non-hydrogen) atoms. The van der Waals surface area contributed by atoms with E-state index in [9.17, 15) is 19.0 Å². The number of carbonyl (C=O) groups is 2. The van der Waals surface area contributed by atoms with E-state index < -0.39 is 32.5 Å². The standard InChI is InChI=1S/C38H66NO8P/c1-6-8-10-12-14-16-18-19-21-23-25-27-29-31-38(41)47-36(35-46-48(42,43)45-33-32-39(3,4)5)34-44-37(40)30-28-26-24-22-20-17-15-13-11-9-7-2/h8,10,12,14,16,18-19,21,23,25,36H,6-7,9,11,13,15,17,20,22,24,26-35H2,1-5H3/p+1/b10-8+,14-12+,18-16+,21-19+,25-23+. The van der Waals surface area contributed by atoms with E-state index in [0.29, 0.717) is 23.9 Å². The van der Waals surface area contributed by atoms with Crippen LogP contribution in [0.15, 0.2) is 60.8 Å². The third-order valence-corrected chi connectivity index (χ3v) is 8.17. The number of esters is 2. The number of carbonyl (C=O) groups excluding carboxylic acids is 2. The van der Waals surface area contributed by atoms with Gasteiger partial charge in [-0.1, -0.05) is 139 Å². The van der Waals surface area contributed by atoms with Crippen molar-refractivity contribution in [3.63, 3.8) is 0 Å². The van der Waals surface area contributed by atoms with E-state index in [1.807, 2.05) is 75.8 Å². The number of quaternary nitrogens is 1. The lowest BCUT2D eigenvalue weighted by molar-refractivity contribution is -0.870. The summed E-state index contributed by atoms with van der Waals surface area (Å²) in [5, 5.41) is 0. The van der Waals surface area contributed by atoms with E-state index in [1.54, 1.807) is 0 Å². The maximum absolute atomic E-state index is 12.5. The highest BCUT2D eigenvalue weighted by molar-refractivity contribution is 7.47. The molecule has 0 aliphatic heterocycles. The van der Waals surface area contributed by atoms with Crippen molar-refractivity contribution in [3.05, 3.63) is 60.8 Å². The van der Waals surface area contributed by atoms with Crippen LogP contribution < -0.4 is 0 Å². The third-order valence-electron chi connectivity index (χ3n) is 7.19. The summed E-state index contributed by atoms with van der Waals surface area (Å²) in [6.07, 6.45) is 34.3. The van der Waals surface area contributed by atoms with Crippen molar-refractivity contribution in [2.24, 2.45) is 0 Å². The lowest BCUT2D eigenvalue weighted by Gasteiger charge is -2.24. The predicted octanol–water partition coefficient (Wildman–Crippen LogP) is 9.34. The summed E-state index contributed by atoms with van der Waals surface area (Å²) in [5.74, 6) is -0.893. The molecule has 0 aliphatic rings. The van der Waals surface area contributed by atoms with Gasteiger partial charge in [-0.15, -0.1) is 0 Å². The monoisotopic (exact) mass is 696 g/mol. The summed E-state index contributed by atoms with van der Waals surface area (Å²) in [4.78, 5) is 35.0. The molecule has 0 rings (SSSR count). The van der Waals surface area contributed by atoms with Gasteiger partial charge >= 0.3 is 19.8 Å². The minimum Gasteiger partial charge on any atom is -0.462 e. The maximum Gasteiger partial charge on any atom is 0.472 e. The second-order valence-electron chi connectivity index (χ2n) is 13.0. The van der Waals surface area contributed by atoms with Gasteiger partial charge in [-0.3, -0.25) is 18.6 Å². The van der Waals surface area contributed by atoms with E-state index >= 15 is 0 Å². The van der Waals surface area contributed by atoms with Crippen LogP contribution in [0.4, 0.5) is 0 Å². The fraction of sp³-hybridized carbons (Fsp3) is 0.684. The van der Waals surface area contributed by atoms with Crippen molar-refractivity contribution >= 4 is 19.8 Å². The molecule has 0 aromatic heterocycles. The molecule has 0 saturated heterocycles. The van der Waals surface area contributed by atoms with Crippen LogP contribution in [0.1, 0.15) is 117 Å². The second-order valence-corrected chi connectivity index (χ2v) is 14.5. The third kappa shape index (κ3) is 33.6. The van der Waals surface area contributed by atoms with Crippen LogP contribution in [0.3, 0.4) is 0 Å². The van der Waals surface area contributed by atoms with Gasteiger partial charge in [0.05, 0.1) is 27.7 Å². The zero-order valence-corrected chi connectivity index (χ0v) is 31.6. The average Bonchev–Trinajstić information content (AvgIpc) is 3.02. The Hall–Kier alpha value is -2.29. The van der Waals surface area contributed by atoms with Crippen molar-refractivity contribution in [1.82, 2.24) is 0 Å². The average molecular weight is 697 g/mol. The van der Waals surface area contributed by atoms with Gasteiger partial charge in [-0.05, 0) is 25.7 Å². The molecule has 0 aromatic rings. The number of rotatable bonds is 31. The molecule has 2 atom stereocenters. The van der Waals surface area contributed by atoms with Crippen LogP contribution in [-0.2, 0) is 32.7 Å². The number of ether oxygens (including phenoxy) is 2. The highest BCUT2D eigenvalue weighted by Crippen LogP contribution is 2.43. The van der Waals surface area contributed by atoms with Gasteiger partial charge in [-0.25, -0.2) is 4.57 Å². The van der Waals surface area contributed by atoms with Gasteiger partial charge in [0, 0.05) is 12.8 Å². The maximum atomic E-state index is 12.5. The molecule has 0 aliphatic carbocycles. The lowest BCUT2D eigenvalue weighted by Crippen LogP contribution is -2.37. The van der Waals surface area contributed by atoms with Gasteiger partial charge in [0.15, 0.2) is 6.10 Å². The topological polar surface area (TPSA) is 108 Å². The Kier molecular flexibility index (Phi) is 29.3. The van der Waals surface area contributed by atoms with Gasteiger partial charge in [0.25, 0.3) is 0 Å². The summed E-state index contributed by atoms with van der Waals surface area (Å²) in [5.41, 5.74) is 0. The molecule has 0 amide bonds. The smallest absolute Gasteiger partial charge is 0.462 e. The molecule has 0 spiro atoms. The van der Waals surface area contributed by atoms with Crippen LogP contribution in [-0.4, -0.2) is 74.9 Å². The van der Waals surface area contributed by atoms with Crippen molar-refractivity contribution < 1.29 is 42.1 Å². The molecule has 0 radical (unpaired) electrons. The van der Waals surface area contributed by atoms with E-state index in [2.05, 4.69) is 19.9 Å². The van der Waals surface area contributed by atoms with E-state index in [4.69, 9.17) is 18.5 Å². The Morgan fingerprint density at radius 2 is 1.19 bits per heavy atom. The Morgan fingerprint density at radius 1 is 0.667 bits per heavy atom. The quantitative estimate of drug-likeness (QED) is 0.0251. The SMILES string of the molecule is CC/C=C/C=C/C=C/C=C/C=C/CCCC(=O)OC(COC(=O)CCCCCCCCCCCCC)COP(=O)(O)OCC[N+](C)(C)C. The van der Waals surface area contributed by atoms with Gasteiger partial charge in [-0.2, -0.15) is 0 Å². The number of phosphoric acid groups is 1. The molecule has 0 bridgehead atoms. The highest BCUT2D eigenvalue weighted by atomic mass is 31.2. The first-order chi connectivity index (χ1) is 23.0.